The predicted octanol–water partition coefficient (Wildman–Crippen LogP) is 3.37. The SMILES string of the molecule is CNCCNc1cc(C)nc(NC(=O)Nc2ccc(Cl)c(Cl)c2)n1. The molecule has 9 heteroatoms. The highest BCUT2D eigenvalue weighted by atomic mass is 35.5. The van der Waals surface area contributed by atoms with Gasteiger partial charge in [-0.1, -0.05) is 23.2 Å². The molecule has 0 radical (unpaired) electrons. The predicted molar refractivity (Wildman–Crippen MR) is 98.3 cm³/mol. The molecule has 0 aliphatic carbocycles. The largest absolute Gasteiger partial charge is 0.369 e. The summed E-state index contributed by atoms with van der Waals surface area (Å²) in [6.45, 7) is 3.33. The average molecular weight is 369 g/mol. The van der Waals surface area contributed by atoms with Gasteiger partial charge in [0.15, 0.2) is 0 Å². The van der Waals surface area contributed by atoms with Crippen LogP contribution in [0.5, 0.6) is 0 Å². The zero-order chi connectivity index (χ0) is 17.5. The van der Waals surface area contributed by atoms with E-state index in [1.165, 1.54) is 0 Å². The molecule has 0 saturated carbocycles. The Morgan fingerprint density at radius 3 is 2.58 bits per heavy atom. The maximum Gasteiger partial charge on any atom is 0.326 e. The third kappa shape index (κ3) is 5.52. The lowest BCUT2D eigenvalue weighted by atomic mass is 10.3. The van der Waals surface area contributed by atoms with Crippen molar-refractivity contribution in [2.75, 3.05) is 36.1 Å². The molecule has 0 aliphatic rings. The molecule has 0 atom stereocenters. The number of rotatable bonds is 6. The number of carbonyl (C=O) groups is 1. The van der Waals surface area contributed by atoms with Gasteiger partial charge in [0.1, 0.15) is 5.82 Å². The molecule has 0 unspecified atom stereocenters. The van der Waals surface area contributed by atoms with Crippen molar-refractivity contribution in [2.24, 2.45) is 0 Å². The van der Waals surface area contributed by atoms with Gasteiger partial charge < -0.3 is 16.0 Å². The van der Waals surface area contributed by atoms with Crippen LogP contribution in [0.2, 0.25) is 10.0 Å². The Balaban J connectivity index is 2.01. The molecule has 2 aromatic rings. The summed E-state index contributed by atoms with van der Waals surface area (Å²) in [4.78, 5) is 20.5. The molecule has 128 valence electrons. The number of nitrogens with one attached hydrogen (secondary N) is 4. The van der Waals surface area contributed by atoms with Crippen molar-refractivity contribution < 1.29 is 4.79 Å². The molecule has 1 aromatic heterocycles. The molecule has 0 fully saturated rings. The van der Waals surface area contributed by atoms with Crippen LogP contribution >= 0.6 is 23.2 Å². The first-order valence-corrected chi connectivity index (χ1v) is 8.00. The molecular formula is C15H18Cl2N6O. The molecule has 0 spiro atoms. The maximum absolute atomic E-state index is 12.1. The van der Waals surface area contributed by atoms with Gasteiger partial charge in [-0.2, -0.15) is 4.98 Å². The van der Waals surface area contributed by atoms with Crippen molar-refractivity contribution in [1.29, 1.82) is 0 Å². The number of aryl methyl sites for hydroxylation is 1. The summed E-state index contributed by atoms with van der Waals surface area (Å²) >= 11 is 11.8. The first-order valence-electron chi connectivity index (χ1n) is 7.25. The Bertz CT molecular complexity index is 725. The number of benzene rings is 1. The summed E-state index contributed by atoms with van der Waals surface area (Å²) in [6, 6.07) is 6.14. The van der Waals surface area contributed by atoms with Crippen LogP contribution in [-0.2, 0) is 0 Å². The van der Waals surface area contributed by atoms with Crippen molar-refractivity contribution in [1.82, 2.24) is 15.3 Å². The highest BCUT2D eigenvalue weighted by Crippen LogP contribution is 2.25. The van der Waals surface area contributed by atoms with E-state index < -0.39 is 6.03 Å². The van der Waals surface area contributed by atoms with Crippen LogP contribution in [-0.4, -0.2) is 36.1 Å². The number of amides is 2. The van der Waals surface area contributed by atoms with E-state index in [0.29, 0.717) is 28.1 Å². The van der Waals surface area contributed by atoms with Crippen molar-refractivity contribution in [3.8, 4) is 0 Å². The van der Waals surface area contributed by atoms with E-state index >= 15 is 0 Å². The Hall–Kier alpha value is -2.09. The minimum absolute atomic E-state index is 0.208. The molecule has 4 N–H and O–H groups in total. The van der Waals surface area contributed by atoms with Crippen LogP contribution in [0.1, 0.15) is 5.69 Å². The summed E-state index contributed by atoms with van der Waals surface area (Å²) in [6.07, 6.45) is 0. The fourth-order valence-corrected chi connectivity index (χ4v) is 2.17. The third-order valence-corrected chi connectivity index (χ3v) is 3.68. The van der Waals surface area contributed by atoms with E-state index in [9.17, 15) is 4.79 Å². The average Bonchev–Trinajstić information content (AvgIpc) is 2.50. The van der Waals surface area contributed by atoms with Gasteiger partial charge in [-0.15, -0.1) is 0 Å². The van der Waals surface area contributed by atoms with Gasteiger partial charge in [-0.3, -0.25) is 5.32 Å². The van der Waals surface area contributed by atoms with Gasteiger partial charge in [0, 0.05) is 30.5 Å². The molecule has 1 heterocycles. The summed E-state index contributed by atoms with van der Waals surface area (Å²) in [5.41, 5.74) is 1.25. The standard InChI is InChI=1S/C15H18Cl2N6O/c1-9-7-13(19-6-5-18-2)22-14(20-9)23-15(24)21-10-3-4-11(16)12(17)8-10/h3-4,7-8,18H,5-6H2,1-2H3,(H3,19,20,21,22,23,24). The molecule has 2 rings (SSSR count). The van der Waals surface area contributed by atoms with E-state index in [1.54, 1.807) is 24.3 Å². The number of aromatic nitrogens is 2. The molecule has 0 aliphatic heterocycles. The number of nitrogens with zero attached hydrogens (tertiary/aromatic N) is 2. The molecule has 24 heavy (non-hydrogen) atoms. The van der Waals surface area contributed by atoms with E-state index in [4.69, 9.17) is 23.2 Å². The van der Waals surface area contributed by atoms with Gasteiger partial charge in [0.2, 0.25) is 5.95 Å². The second-order valence-electron chi connectivity index (χ2n) is 4.96. The maximum atomic E-state index is 12.1. The highest BCUT2D eigenvalue weighted by molar-refractivity contribution is 6.42. The van der Waals surface area contributed by atoms with Gasteiger partial charge >= 0.3 is 6.03 Å². The van der Waals surface area contributed by atoms with Crippen LogP contribution in [0.15, 0.2) is 24.3 Å². The van der Waals surface area contributed by atoms with E-state index in [-0.39, 0.29) is 5.95 Å². The zero-order valence-electron chi connectivity index (χ0n) is 13.3. The number of urea groups is 1. The van der Waals surface area contributed by atoms with Gasteiger partial charge in [-0.25, -0.2) is 9.78 Å². The minimum atomic E-state index is -0.472. The quantitative estimate of drug-likeness (QED) is 0.586. The Morgan fingerprint density at radius 1 is 1.08 bits per heavy atom. The molecule has 0 saturated heterocycles. The molecule has 7 nitrogen and oxygen atoms in total. The third-order valence-electron chi connectivity index (χ3n) is 2.94. The fourth-order valence-electron chi connectivity index (χ4n) is 1.87. The lowest BCUT2D eigenvalue weighted by molar-refractivity contribution is 0.262. The van der Waals surface area contributed by atoms with Crippen molar-refractivity contribution in [3.63, 3.8) is 0 Å². The normalized spacial score (nSPS) is 10.3. The van der Waals surface area contributed by atoms with Crippen LogP contribution in [0.25, 0.3) is 0 Å². The first kappa shape index (κ1) is 18.3. The van der Waals surface area contributed by atoms with E-state index in [0.717, 1.165) is 12.2 Å². The number of halogens is 2. The summed E-state index contributed by atoms with van der Waals surface area (Å²) < 4.78 is 0. The monoisotopic (exact) mass is 368 g/mol. The van der Waals surface area contributed by atoms with Crippen molar-refractivity contribution >= 4 is 46.7 Å². The lowest BCUT2D eigenvalue weighted by Gasteiger charge is -2.10. The lowest BCUT2D eigenvalue weighted by Crippen LogP contribution is -2.22. The molecular weight excluding hydrogens is 351 g/mol. The van der Waals surface area contributed by atoms with Gasteiger partial charge in [0.05, 0.1) is 10.0 Å². The zero-order valence-corrected chi connectivity index (χ0v) is 14.8. The number of hydrogen-bond donors (Lipinski definition) is 4. The van der Waals surface area contributed by atoms with Crippen molar-refractivity contribution in [3.05, 3.63) is 40.0 Å². The van der Waals surface area contributed by atoms with E-state index in [2.05, 4.69) is 31.2 Å². The second-order valence-corrected chi connectivity index (χ2v) is 5.77. The van der Waals surface area contributed by atoms with Crippen LogP contribution < -0.4 is 21.3 Å². The Labute approximate surface area is 150 Å². The Morgan fingerprint density at radius 2 is 1.88 bits per heavy atom. The molecule has 2 amide bonds. The Kier molecular flexibility index (Phi) is 6.60. The number of anilines is 3. The molecule has 1 aromatic carbocycles. The number of likely N-dealkylation sites (N-methyl/N-ethyl adjacent to an activating group) is 1. The summed E-state index contributed by atoms with van der Waals surface area (Å²) in [7, 11) is 1.87. The van der Waals surface area contributed by atoms with Crippen LogP contribution in [0, 0.1) is 6.92 Å². The second kappa shape index (κ2) is 8.68. The van der Waals surface area contributed by atoms with Crippen molar-refractivity contribution in [2.45, 2.75) is 6.92 Å². The smallest absolute Gasteiger partial charge is 0.326 e. The number of hydrogen-bond acceptors (Lipinski definition) is 5. The van der Waals surface area contributed by atoms with Crippen LogP contribution in [0.4, 0.5) is 22.2 Å². The van der Waals surface area contributed by atoms with Crippen LogP contribution in [0.3, 0.4) is 0 Å². The fraction of sp³-hybridized carbons (Fsp3) is 0.267. The first-order chi connectivity index (χ1) is 11.5. The minimum Gasteiger partial charge on any atom is -0.369 e. The summed E-state index contributed by atoms with van der Waals surface area (Å²) in [5, 5.41) is 12.2. The number of carbonyl (C=O) groups excluding carboxylic acids is 1. The van der Waals surface area contributed by atoms with Gasteiger partial charge in [-0.05, 0) is 32.2 Å². The van der Waals surface area contributed by atoms with Gasteiger partial charge in [0.25, 0.3) is 0 Å². The molecule has 0 bridgehead atoms. The highest BCUT2D eigenvalue weighted by Gasteiger charge is 2.08. The topological polar surface area (TPSA) is 91.0 Å². The summed E-state index contributed by atoms with van der Waals surface area (Å²) in [5.74, 6) is 0.849. The van der Waals surface area contributed by atoms with E-state index in [1.807, 2.05) is 14.0 Å².